The van der Waals surface area contributed by atoms with Crippen LogP contribution in [-0.4, -0.2) is 47.9 Å². The summed E-state index contributed by atoms with van der Waals surface area (Å²) in [5, 5.41) is 8.09. The van der Waals surface area contributed by atoms with Crippen molar-refractivity contribution in [3.63, 3.8) is 0 Å². The Balaban J connectivity index is 1.51. The Hall–Kier alpha value is -3.95. The van der Waals surface area contributed by atoms with Crippen molar-refractivity contribution in [3.8, 4) is 28.1 Å². The Morgan fingerprint density at radius 1 is 0.940 bits per heavy atom. The molecule has 0 radical (unpaired) electrons. The van der Waals surface area contributed by atoms with Crippen LogP contribution in [0.1, 0.15) is 90.6 Å². The topological polar surface area (TPSA) is 87.5 Å². The van der Waals surface area contributed by atoms with Gasteiger partial charge in [-0.25, -0.2) is 4.79 Å². The lowest BCUT2D eigenvalue weighted by Gasteiger charge is -2.36. The molecule has 2 aromatic carbocycles. The van der Waals surface area contributed by atoms with Crippen molar-refractivity contribution in [2.45, 2.75) is 118 Å². The minimum atomic E-state index is -1.80. The smallest absolute Gasteiger partial charge is 0.407 e. The zero-order chi connectivity index (χ0) is 36.7. The Morgan fingerprint density at radius 3 is 2.22 bits per heavy atom. The van der Waals surface area contributed by atoms with E-state index in [4.69, 9.17) is 19.0 Å². The van der Waals surface area contributed by atoms with Gasteiger partial charge in [-0.1, -0.05) is 71.9 Å². The van der Waals surface area contributed by atoms with Gasteiger partial charge in [-0.3, -0.25) is 9.67 Å². The number of nitrogens with one attached hydrogen (secondary N) is 1. The molecule has 9 heteroatoms. The molecule has 0 spiro atoms. The van der Waals surface area contributed by atoms with Crippen LogP contribution in [-0.2, 0) is 35.2 Å². The van der Waals surface area contributed by atoms with Gasteiger partial charge in [0.05, 0.1) is 6.54 Å². The van der Waals surface area contributed by atoms with Gasteiger partial charge >= 0.3 is 6.09 Å². The van der Waals surface area contributed by atoms with Crippen molar-refractivity contribution in [3.05, 3.63) is 89.4 Å². The molecule has 0 aliphatic rings. The number of carbonyl (C=O) groups excluding carboxylic acids is 1. The van der Waals surface area contributed by atoms with Gasteiger partial charge in [-0.15, -0.1) is 0 Å². The average molecular weight is 699 g/mol. The summed E-state index contributed by atoms with van der Waals surface area (Å²) >= 11 is 0. The fourth-order valence-electron chi connectivity index (χ4n) is 5.68. The minimum Gasteiger partial charge on any atom is -0.489 e. The van der Waals surface area contributed by atoms with Gasteiger partial charge < -0.3 is 19.2 Å². The van der Waals surface area contributed by atoms with Gasteiger partial charge in [0, 0.05) is 42.4 Å². The van der Waals surface area contributed by atoms with E-state index in [-0.39, 0.29) is 5.04 Å². The van der Waals surface area contributed by atoms with Gasteiger partial charge in [-0.2, -0.15) is 5.10 Å². The van der Waals surface area contributed by atoms with Gasteiger partial charge in [0.25, 0.3) is 0 Å². The molecule has 0 saturated heterocycles. The fraction of sp³-hybridized carbons (Fsp3) is 0.488. The molecule has 1 amide bonds. The van der Waals surface area contributed by atoms with Gasteiger partial charge in [-0.05, 0) is 104 Å². The first-order chi connectivity index (χ1) is 23.5. The number of rotatable bonds is 14. The number of carbonyl (C=O) groups is 1. The molecule has 1 N–H and O–H groups in total. The predicted octanol–water partition coefficient (Wildman–Crippen LogP) is 9.97. The standard InChI is InChI=1S/C41H58N4O4Si/c1-12-36-37(38(32-19-22-42-23-20-32)44-45(36)25-24-43-39(46)49-40(4,5)6)31-14-16-34(17-15-31)47-28-30-13-18-35(29(2)3)33(27-30)21-26-48-50(10,11)41(7,8)9/h13-20,22-23,27,29H,12,21,24-26,28H2,1-11H3,(H,43,46). The van der Waals surface area contributed by atoms with Crippen molar-refractivity contribution in [2.24, 2.45) is 0 Å². The van der Waals surface area contributed by atoms with E-state index in [1.807, 2.05) is 49.7 Å². The molecule has 0 atom stereocenters. The van der Waals surface area contributed by atoms with Crippen molar-refractivity contribution >= 4 is 14.4 Å². The highest BCUT2D eigenvalue weighted by Crippen LogP contribution is 2.37. The lowest BCUT2D eigenvalue weighted by molar-refractivity contribution is 0.0525. The van der Waals surface area contributed by atoms with E-state index < -0.39 is 20.0 Å². The van der Waals surface area contributed by atoms with Crippen molar-refractivity contribution in [2.75, 3.05) is 13.2 Å². The summed E-state index contributed by atoms with van der Waals surface area (Å²) in [7, 11) is -1.80. The van der Waals surface area contributed by atoms with Crippen LogP contribution in [0.25, 0.3) is 22.4 Å². The third-order valence-corrected chi connectivity index (χ3v) is 13.9. The molecule has 2 aromatic heterocycles. The van der Waals surface area contributed by atoms with Crippen LogP contribution in [0, 0.1) is 0 Å². The van der Waals surface area contributed by atoms with E-state index in [1.165, 1.54) is 11.1 Å². The van der Waals surface area contributed by atoms with Crippen LogP contribution >= 0.6 is 0 Å². The second-order valence-corrected chi connectivity index (χ2v) is 20.6. The maximum Gasteiger partial charge on any atom is 0.407 e. The highest BCUT2D eigenvalue weighted by molar-refractivity contribution is 6.74. The molecular weight excluding hydrogens is 641 g/mol. The van der Waals surface area contributed by atoms with Crippen molar-refractivity contribution in [1.82, 2.24) is 20.1 Å². The van der Waals surface area contributed by atoms with E-state index in [0.717, 1.165) is 58.8 Å². The normalized spacial score (nSPS) is 12.3. The minimum absolute atomic E-state index is 0.193. The monoisotopic (exact) mass is 698 g/mol. The average Bonchev–Trinajstić information content (AvgIpc) is 3.41. The molecule has 0 saturated carbocycles. The molecule has 0 fully saturated rings. The van der Waals surface area contributed by atoms with E-state index in [0.29, 0.717) is 25.6 Å². The highest BCUT2D eigenvalue weighted by Gasteiger charge is 2.37. The number of hydrogen-bond donors (Lipinski definition) is 1. The lowest BCUT2D eigenvalue weighted by Crippen LogP contribution is -2.41. The third kappa shape index (κ3) is 10.3. The summed E-state index contributed by atoms with van der Waals surface area (Å²) < 4.78 is 20.3. The molecule has 4 rings (SSSR count). The summed E-state index contributed by atoms with van der Waals surface area (Å²) in [6.45, 7) is 25.8. The van der Waals surface area contributed by atoms with Gasteiger partial charge in [0.2, 0.25) is 0 Å². The quantitative estimate of drug-likeness (QED) is 0.132. The van der Waals surface area contributed by atoms with E-state index in [1.54, 1.807) is 12.4 Å². The van der Waals surface area contributed by atoms with Crippen molar-refractivity contribution in [1.29, 1.82) is 0 Å². The van der Waals surface area contributed by atoms with Crippen LogP contribution in [0.15, 0.2) is 67.0 Å². The first-order valence-corrected chi connectivity index (χ1v) is 20.9. The molecule has 4 aromatic rings. The number of alkyl carbamates (subject to hydrolysis) is 1. The number of aromatic nitrogens is 3. The SMILES string of the molecule is CCc1c(-c2ccc(OCc3ccc(C(C)C)c(CCO[Si](C)(C)C(C)(C)C)c3)cc2)c(-c2ccncc2)nn1CCNC(=O)OC(C)(C)C. The second kappa shape index (κ2) is 16.4. The third-order valence-electron chi connectivity index (χ3n) is 9.36. The van der Waals surface area contributed by atoms with Crippen LogP contribution in [0.4, 0.5) is 4.79 Å². The molecule has 0 unspecified atom stereocenters. The van der Waals surface area contributed by atoms with Crippen LogP contribution in [0.3, 0.4) is 0 Å². The summed E-state index contributed by atoms with van der Waals surface area (Å²) in [6, 6.07) is 18.9. The van der Waals surface area contributed by atoms with E-state index >= 15 is 0 Å². The number of hydrogen-bond acceptors (Lipinski definition) is 6. The summed E-state index contributed by atoms with van der Waals surface area (Å²) in [6.07, 6.45) is 4.80. The Morgan fingerprint density at radius 2 is 1.62 bits per heavy atom. The van der Waals surface area contributed by atoms with Crippen molar-refractivity contribution < 1.29 is 18.7 Å². The maximum atomic E-state index is 12.3. The zero-order valence-electron chi connectivity index (χ0n) is 32.1. The number of amides is 1. The second-order valence-electron chi connectivity index (χ2n) is 15.8. The van der Waals surface area contributed by atoms with Crippen LogP contribution in [0.5, 0.6) is 5.75 Å². The van der Waals surface area contributed by atoms with E-state index in [9.17, 15) is 4.79 Å². The first-order valence-electron chi connectivity index (χ1n) is 17.9. The molecule has 2 heterocycles. The number of benzene rings is 2. The largest absolute Gasteiger partial charge is 0.489 e. The summed E-state index contributed by atoms with van der Waals surface area (Å²) in [5.41, 5.74) is 8.38. The number of nitrogens with zero attached hydrogens (tertiary/aromatic N) is 3. The van der Waals surface area contributed by atoms with Crippen LogP contribution < -0.4 is 10.1 Å². The molecule has 0 bridgehead atoms. The zero-order valence-corrected chi connectivity index (χ0v) is 33.1. The molecule has 0 aliphatic heterocycles. The predicted molar refractivity (Wildman–Crippen MR) is 206 cm³/mol. The van der Waals surface area contributed by atoms with Gasteiger partial charge in [0.15, 0.2) is 8.32 Å². The molecule has 50 heavy (non-hydrogen) atoms. The Labute approximate surface area is 301 Å². The highest BCUT2D eigenvalue weighted by atomic mass is 28.4. The number of ether oxygens (including phenoxy) is 2. The maximum absolute atomic E-state index is 12.3. The van der Waals surface area contributed by atoms with E-state index in [2.05, 4.69) is 95.3 Å². The molecule has 270 valence electrons. The van der Waals surface area contributed by atoms with Crippen LogP contribution in [0.2, 0.25) is 18.1 Å². The Kier molecular flexibility index (Phi) is 12.7. The first kappa shape index (κ1) is 38.8. The summed E-state index contributed by atoms with van der Waals surface area (Å²) in [4.78, 5) is 16.5. The fourth-order valence-corrected chi connectivity index (χ4v) is 6.73. The summed E-state index contributed by atoms with van der Waals surface area (Å²) in [5.74, 6) is 1.25. The van der Waals surface area contributed by atoms with Gasteiger partial charge in [0.1, 0.15) is 23.7 Å². The lowest BCUT2D eigenvalue weighted by atomic mass is 9.94. The number of pyridine rings is 1. The molecular formula is C41H58N4O4Si. The molecule has 8 nitrogen and oxygen atoms in total. The molecule has 0 aliphatic carbocycles. The Bertz CT molecular complexity index is 1700.